The summed E-state index contributed by atoms with van der Waals surface area (Å²) in [6, 6.07) is 7.05. The van der Waals surface area contributed by atoms with Crippen LogP contribution in [0.15, 0.2) is 36.4 Å². The van der Waals surface area contributed by atoms with Gasteiger partial charge in [-0.15, -0.1) is 0 Å². The molecule has 0 unspecified atom stereocenters. The Morgan fingerprint density at radius 3 is 2.25 bits per heavy atom. The fraction of sp³-hybridized carbons (Fsp3) is 0.0714. The van der Waals surface area contributed by atoms with Gasteiger partial charge in [-0.05, 0) is 12.1 Å². The third-order valence-electron chi connectivity index (χ3n) is 3.05. The number of nitro groups is 2. The minimum Gasteiger partial charge on any atom is -0.495 e. The molecule has 2 rings (SSSR count). The van der Waals surface area contributed by atoms with Crippen molar-refractivity contribution in [2.24, 2.45) is 0 Å². The number of carbonyl (C=O) groups is 1. The van der Waals surface area contributed by atoms with E-state index in [1.165, 1.54) is 25.3 Å². The first kappa shape index (κ1) is 17.2. The van der Waals surface area contributed by atoms with Crippen molar-refractivity contribution in [1.29, 1.82) is 0 Å². The zero-order valence-corrected chi connectivity index (χ0v) is 12.9. The molecule has 0 radical (unpaired) electrons. The molecule has 1 amide bonds. The fourth-order valence-corrected chi connectivity index (χ4v) is 2.10. The molecule has 9 nitrogen and oxygen atoms in total. The van der Waals surface area contributed by atoms with Gasteiger partial charge < -0.3 is 10.1 Å². The lowest BCUT2D eigenvalue weighted by molar-refractivity contribution is -0.385. The summed E-state index contributed by atoms with van der Waals surface area (Å²) in [6.07, 6.45) is 0. The molecule has 0 atom stereocenters. The van der Waals surface area contributed by atoms with Crippen molar-refractivity contribution in [2.75, 3.05) is 12.4 Å². The topological polar surface area (TPSA) is 125 Å². The van der Waals surface area contributed by atoms with Crippen LogP contribution in [-0.2, 0) is 0 Å². The molecule has 0 aliphatic heterocycles. The number of ether oxygens (including phenoxy) is 1. The number of methoxy groups -OCH3 is 1. The van der Waals surface area contributed by atoms with Gasteiger partial charge in [0.2, 0.25) is 0 Å². The second-order valence-corrected chi connectivity index (χ2v) is 4.92. The highest BCUT2D eigenvalue weighted by molar-refractivity contribution is 6.34. The van der Waals surface area contributed by atoms with Gasteiger partial charge in [0, 0.05) is 24.3 Å². The SMILES string of the molecule is COc1ccc([N+](=O)[O-])cc1NC(=O)c1cc([N+](=O)[O-])ccc1Cl. The van der Waals surface area contributed by atoms with E-state index in [0.717, 1.165) is 18.2 Å². The Balaban J connectivity index is 2.39. The van der Waals surface area contributed by atoms with Gasteiger partial charge in [0.25, 0.3) is 17.3 Å². The van der Waals surface area contributed by atoms with Crippen LogP contribution in [0.5, 0.6) is 5.75 Å². The normalized spacial score (nSPS) is 10.1. The molecule has 0 aromatic heterocycles. The second kappa shape index (κ2) is 6.92. The minimum atomic E-state index is -0.762. The number of non-ortho nitro benzene ring substituents is 2. The molecule has 2 aromatic carbocycles. The number of amides is 1. The summed E-state index contributed by atoms with van der Waals surface area (Å²) in [5.41, 5.74) is -0.662. The van der Waals surface area contributed by atoms with E-state index in [1.54, 1.807) is 0 Å². The molecule has 0 spiro atoms. The number of nitrogens with zero attached hydrogens (tertiary/aromatic N) is 2. The Hall–Kier alpha value is -3.20. The Morgan fingerprint density at radius 2 is 1.67 bits per heavy atom. The summed E-state index contributed by atoms with van der Waals surface area (Å²) in [6.45, 7) is 0. The first-order chi connectivity index (χ1) is 11.3. The van der Waals surface area contributed by atoms with E-state index in [-0.39, 0.29) is 33.4 Å². The molecule has 0 heterocycles. The van der Waals surface area contributed by atoms with E-state index >= 15 is 0 Å². The Morgan fingerprint density at radius 1 is 1.08 bits per heavy atom. The smallest absolute Gasteiger partial charge is 0.271 e. The molecule has 0 aliphatic rings. The maximum absolute atomic E-state index is 12.3. The number of nitro benzene ring substituents is 2. The van der Waals surface area contributed by atoms with E-state index in [4.69, 9.17) is 16.3 Å². The highest BCUT2D eigenvalue weighted by Crippen LogP contribution is 2.30. The number of rotatable bonds is 5. The van der Waals surface area contributed by atoms with Crippen LogP contribution in [0, 0.1) is 20.2 Å². The number of nitrogens with one attached hydrogen (secondary N) is 1. The number of hydrogen-bond acceptors (Lipinski definition) is 6. The predicted octanol–water partition coefficient (Wildman–Crippen LogP) is 3.42. The van der Waals surface area contributed by atoms with Crippen LogP contribution in [0.25, 0.3) is 0 Å². The quantitative estimate of drug-likeness (QED) is 0.650. The average Bonchev–Trinajstić information content (AvgIpc) is 2.54. The van der Waals surface area contributed by atoms with E-state index in [9.17, 15) is 25.0 Å². The largest absolute Gasteiger partial charge is 0.495 e. The average molecular weight is 352 g/mol. The van der Waals surface area contributed by atoms with Gasteiger partial charge in [-0.1, -0.05) is 11.6 Å². The van der Waals surface area contributed by atoms with Gasteiger partial charge in [0.15, 0.2) is 0 Å². The van der Waals surface area contributed by atoms with Crippen LogP contribution in [0.2, 0.25) is 5.02 Å². The van der Waals surface area contributed by atoms with E-state index in [1.807, 2.05) is 0 Å². The Bertz CT molecular complexity index is 839. The molecule has 0 bridgehead atoms. The molecule has 0 aliphatic carbocycles. The first-order valence-electron chi connectivity index (χ1n) is 6.41. The fourth-order valence-electron chi connectivity index (χ4n) is 1.90. The van der Waals surface area contributed by atoms with Gasteiger partial charge in [-0.3, -0.25) is 25.0 Å². The van der Waals surface area contributed by atoms with Crippen LogP contribution >= 0.6 is 11.6 Å². The summed E-state index contributed by atoms with van der Waals surface area (Å²) in [4.78, 5) is 32.7. The monoisotopic (exact) mass is 351 g/mol. The maximum Gasteiger partial charge on any atom is 0.271 e. The van der Waals surface area contributed by atoms with Crippen molar-refractivity contribution in [3.8, 4) is 5.75 Å². The van der Waals surface area contributed by atoms with Crippen LogP contribution in [0.1, 0.15) is 10.4 Å². The first-order valence-corrected chi connectivity index (χ1v) is 6.79. The number of halogens is 1. The molecular weight excluding hydrogens is 342 g/mol. The van der Waals surface area contributed by atoms with Gasteiger partial charge in [0.1, 0.15) is 5.75 Å². The van der Waals surface area contributed by atoms with Crippen LogP contribution in [0.3, 0.4) is 0 Å². The van der Waals surface area contributed by atoms with E-state index in [2.05, 4.69) is 5.32 Å². The highest BCUT2D eigenvalue weighted by atomic mass is 35.5. The minimum absolute atomic E-state index is 0.00231. The van der Waals surface area contributed by atoms with Crippen LogP contribution in [0.4, 0.5) is 17.1 Å². The Labute approximate surface area is 140 Å². The van der Waals surface area contributed by atoms with Gasteiger partial charge in [-0.25, -0.2) is 0 Å². The van der Waals surface area contributed by atoms with Crippen molar-refractivity contribution in [2.45, 2.75) is 0 Å². The molecule has 0 saturated carbocycles. The molecule has 124 valence electrons. The van der Waals surface area contributed by atoms with Crippen LogP contribution < -0.4 is 10.1 Å². The van der Waals surface area contributed by atoms with Crippen molar-refractivity contribution in [3.05, 3.63) is 67.2 Å². The number of hydrogen-bond donors (Lipinski definition) is 1. The molecule has 10 heteroatoms. The van der Waals surface area contributed by atoms with Crippen molar-refractivity contribution in [1.82, 2.24) is 0 Å². The lowest BCUT2D eigenvalue weighted by atomic mass is 10.1. The molecule has 24 heavy (non-hydrogen) atoms. The van der Waals surface area contributed by atoms with Crippen molar-refractivity contribution in [3.63, 3.8) is 0 Å². The van der Waals surface area contributed by atoms with Crippen molar-refractivity contribution >= 4 is 34.6 Å². The summed E-state index contributed by atoms with van der Waals surface area (Å²) in [5, 5.41) is 24.0. The van der Waals surface area contributed by atoms with Gasteiger partial charge in [-0.2, -0.15) is 0 Å². The van der Waals surface area contributed by atoms with E-state index in [0.29, 0.717) is 0 Å². The Kier molecular flexibility index (Phi) is 4.95. The van der Waals surface area contributed by atoms with Gasteiger partial charge >= 0.3 is 0 Å². The molecule has 1 N–H and O–H groups in total. The summed E-state index contributed by atoms with van der Waals surface area (Å²) >= 11 is 5.89. The zero-order chi connectivity index (χ0) is 17.9. The molecule has 0 saturated heterocycles. The standard InChI is InChI=1S/C14H10ClN3O6/c1-24-13-5-3-9(18(22)23)7-12(13)16-14(19)10-6-8(17(20)21)2-4-11(10)15/h2-7H,1H3,(H,16,19). The maximum atomic E-state index is 12.3. The molecule has 0 fully saturated rings. The number of carbonyl (C=O) groups excluding carboxylic acids is 1. The third kappa shape index (κ3) is 3.58. The summed E-state index contributed by atoms with van der Waals surface area (Å²) in [5.74, 6) is -0.571. The summed E-state index contributed by atoms with van der Waals surface area (Å²) in [7, 11) is 1.33. The van der Waals surface area contributed by atoms with Gasteiger partial charge in [0.05, 0.1) is 33.2 Å². The lowest BCUT2D eigenvalue weighted by Gasteiger charge is -2.10. The highest BCUT2D eigenvalue weighted by Gasteiger charge is 2.19. The second-order valence-electron chi connectivity index (χ2n) is 4.52. The van der Waals surface area contributed by atoms with Crippen LogP contribution in [-0.4, -0.2) is 22.9 Å². The number of benzene rings is 2. The third-order valence-corrected chi connectivity index (χ3v) is 3.38. The lowest BCUT2D eigenvalue weighted by Crippen LogP contribution is -2.13. The van der Waals surface area contributed by atoms with E-state index < -0.39 is 15.8 Å². The zero-order valence-electron chi connectivity index (χ0n) is 12.2. The van der Waals surface area contributed by atoms with Crippen molar-refractivity contribution < 1.29 is 19.4 Å². The predicted molar refractivity (Wildman–Crippen MR) is 85.7 cm³/mol. The number of anilines is 1. The molecule has 2 aromatic rings. The molecular formula is C14H10ClN3O6. The summed E-state index contributed by atoms with van der Waals surface area (Å²) < 4.78 is 5.03.